The zero-order valence-electron chi connectivity index (χ0n) is 15.7. The number of ether oxygens (including phenoxy) is 1. The van der Waals surface area contributed by atoms with Crippen molar-refractivity contribution in [3.8, 4) is 16.3 Å². The molecule has 1 aliphatic rings. The smallest absolute Gasteiger partial charge is 0.322 e. The number of amides is 2. The first kappa shape index (κ1) is 18.4. The Labute approximate surface area is 166 Å². The van der Waals surface area contributed by atoms with Crippen LogP contribution in [-0.4, -0.2) is 29.6 Å². The van der Waals surface area contributed by atoms with Crippen LogP contribution in [0.1, 0.15) is 16.1 Å². The molecule has 2 amide bonds. The number of carbonyl (C=O) groups excluding carboxylic acids is 1. The van der Waals surface area contributed by atoms with E-state index in [2.05, 4.69) is 5.32 Å². The standard InChI is InChI=1S/C21H20FN3O2S/c1-13-6-7-15(11-17(13)22)23-21(26)25-9-8-18-19(12-25)28-20(24-18)14-4-3-5-16(10-14)27-2/h3-7,10-11H,8-9,12H2,1-2H3,(H,23,26). The predicted octanol–water partition coefficient (Wildman–Crippen LogP) is 4.86. The molecule has 0 spiro atoms. The third-order valence-electron chi connectivity index (χ3n) is 4.76. The number of rotatable bonds is 3. The number of fused-ring (bicyclic) bond motifs is 1. The lowest BCUT2D eigenvalue weighted by atomic mass is 10.2. The molecule has 3 aromatic rings. The fourth-order valence-corrected chi connectivity index (χ4v) is 4.24. The van der Waals surface area contributed by atoms with Crippen molar-refractivity contribution in [1.82, 2.24) is 9.88 Å². The van der Waals surface area contributed by atoms with Crippen LogP contribution < -0.4 is 10.1 Å². The third kappa shape index (κ3) is 3.71. The van der Waals surface area contributed by atoms with E-state index in [-0.39, 0.29) is 11.8 Å². The molecule has 0 radical (unpaired) electrons. The van der Waals surface area contributed by atoms with Gasteiger partial charge < -0.3 is 15.0 Å². The Bertz CT molecular complexity index is 1030. The summed E-state index contributed by atoms with van der Waals surface area (Å²) in [5.74, 6) is 0.459. The highest BCUT2D eigenvalue weighted by molar-refractivity contribution is 7.15. The van der Waals surface area contributed by atoms with Gasteiger partial charge in [-0.1, -0.05) is 18.2 Å². The van der Waals surface area contributed by atoms with Crippen molar-refractivity contribution in [1.29, 1.82) is 0 Å². The number of urea groups is 1. The van der Waals surface area contributed by atoms with Crippen molar-refractivity contribution in [2.75, 3.05) is 19.0 Å². The maximum Gasteiger partial charge on any atom is 0.322 e. The number of carbonyl (C=O) groups is 1. The second-order valence-electron chi connectivity index (χ2n) is 6.69. The van der Waals surface area contributed by atoms with Gasteiger partial charge in [-0.3, -0.25) is 0 Å². The fraction of sp³-hybridized carbons (Fsp3) is 0.238. The number of benzene rings is 2. The number of halogens is 1. The van der Waals surface area contributed by atoms with Gasteiger partial charge in [-0.2, -0.15) is 0 Å². The van der Waals surface area contributed by atoms with E-state index in [4.69, 9.17) is 9.72 Å². The summed E-state index contributed by atoms with van der Waals surface area (Å²) in [7, 11) is 1.64. The Kier molecular flexibility index (Phi) is 5.00. The molecule has 1 aliphatic heterocycles. The van der Waals surface area contributed by atoms with Crippen molar-refractivity contribution < 1.29 is 13.9 Å². The molecule has 2 heterocycles. The zero-order chi connectivity index (χ0) is 19.7. The zero-order valence-corrected chi connectivity index (χ0v) is 16.5. The second-order valence-corrected chi connectivity index (χ2v) is 7.77. The monoisotopic (exact) mass is 397 g/mol. The van der Waals surface area contributed by atoms with Crippen LogP contribution in [-0.2, 0) is 13.0 Å². The highest BCUT2D eigenvalue weighted by Gasteiger charge is 2.24. The molecule has 1 aromatic heterocycles. The summed E-state index contributed by atoms with van der Waals surface area (Å²) in [6, 6.07) is 12.3. The van der Waals surface area contributed by atoms with Crippen LogP contribution in [0, 0.1) is 12.7 Å². The van der Waals surface area contributed by atoms with Gasteiger partial charge in [0.05, 0.1) is 19.3 Å². The molecule has 0 fully saturated rings. The van der Waals surface area contributed by atoms with E-state index in [1.807, 2.05) is 24.3 Å². The van der Waals surface area contributed by atoms with Crippen LogP contribution in [0.5, 0.6) is 5.75 Å². The van der Waals surface area contributed by atoms with Gasteiger partial charge in [-0.05, 0) is 36.8 Å². The summed E-state index contributed by atoms with van der Waals surface area (Å²) in [4.78, 5) is 20.2. The molecule has 4 rings (SSSR count). The average molecular weight is 397 g/mol. The van der Waals surface area contributed by atoms with Crippen molar-refractivity contribution in [3.05, 3.63) is 64.4 Å². The van der Waals surface area contributed by atoms with Crippen LogP contribution in [0.4, 0.5) is 14.9 Å². The molecule has 0 saturated carbocycles. The van der Waals surface area contributed by atoms with Crippen molar-refractivity contribution >= 4 is 23.1 Å². The number of anilines is 1. The van der Waals surface area contributed by atoms with Crippen LogP contribution in [0.25, 0.3) is 10.6 Å². The minimum absolute atomic E-state index is 0.231. The summed E-state index contributed by atoms with van der Waals surface area (Å²) >= 11 is 1.59. The molecule has 0 atom stereocenters. The molecule has 5 nitrogen and oxygen atoms in total. The molecule has 0 saturated heterocycles. The normalized spacial score (nSPS) is 13.2. The van der Waals surface area contributed by atoms with E-state index in [1.165, 1.54) is 6.07 Å². The molecule has 0 bridgehead atoms. The third-order valence-corrected chi connectivity index (χ3v) is 5.89. The quantitative estimate of drug-likeness (QED) is 0.687. The lowest BCUT2D eigenvalue weighted by Crippen LogP contribution is -2.38. The highest BCUT2D eigenvalue weighted by Crippen LogP contribution is 2.33. The van der Waals surface area contributed by atoms with E-state index in [9.17, 15) is 9.18 Å². The van der Waals surface area contributed by atoms with Gasteiger partial charge >= 0.3 is 6.03 Å². The van der Waals surface area contributed by atoms with Gasteiger partial charge in [0.15, 0.2) is 0 Å². The van der Waals surface area contributed by atoms with Crippen LogP contribution in [0.3, 0.4) is 0 Å². The summed E-state index contributed by atoms with van der Waals surface area (Å²) < 4.78 is 19.0. The number of thiazole rings is 1. The molecule has 0 aliphatic carbocycles. The number of hydrogen-bond acceptors (Lipinski definition) is 4. The van der Waals surface area contributed by atoms with Crippen molar-refractivity contribution in [2.45, 2.75) is 19.9 Å². The minimum atomic E-state index is -0.330. The van der Waals surface area contributed by atoms with E-state index >= 15 is 0 Å². The second kappa shape index (κ2) is 7.59. The van der Waals surface area contributed by atoms with Gasteiger partial charge in [0.2, 0.25) is 0 Å². The first-order valence-electron chi connectivity index (χ1n) is 8.98. The number of nitrogens with zero attached hydrogens (tertiary/aromatic N) is 2. The highest BCUT2D eigenvalue weighted by atomic mass is 32.1. The predicted molar refractivity (Wildman–Crippen MR) is 108 cm³/mol. The summed E-state index contributed by atoms with van der Waals surface area (Å²) in [6.07, 6.45) is 0.700. The molecule has 144 valence electrons. The van der Waals surface area contributed by atoms with Gasteiger partial charge in [0.1, 0.15) is 16.6 Å². The fourth-order valence-electron chi connectivity index (χ4n) is 3.12. The Hall–Kier alpha value is -2.93. The molecular weight excluding hydrogens is 377 g/mol. The molecule has 1 N–H and O–H groups in total. The maximum atomic E-state index is 13.7. The molecule has 7 heteroatoms. The molecule has 28 heavy (non-hydrogen) atoms. The van der Waals surface area contributed by atoms with Gasteiger partial charge in [0, 0.05) is 29.1 Å². The topological polar surface area (TPSA) is 54.5 Å². The SMILES string of the molecule is COc1cccc(-c2nc3c(s2)CN(C(=O)Nc2ccc(C)c(F)c2)CC3)c1. The Balaban J connectivity index is 1.49. The van der Waals surface area contributed by atoms with E-state index < -0.39 is 0 Å². The van der Waals surface area contributed by atoms with Gasteiger partial charge in [-0.15, -0.1) is 11.3 Å². The van der Waals surface area contributed by atoms with Crippen LogP contribution in [0.2, 0.25) is 0 Å². The van der Waals surface area contributed by atoms with E-state index in [0.29, 0.717) is 30.8 Å². The minimum Gasteiger partial charge on any atom is -0.497 e. The van der Waals surface area contributed by atoms with Gasteiger partial charge in [0.25, 0.3) is 0 Å². The Morgan fingerprint density at radius 3 is 2.93 bits per heavy atom. The Morgan fingerprint density at radius 1 is 1.29 bits per heavy atom. The number of aryl methyl sites for hydroxylation is 1. The van der Waals surface area contributed by atoms with E-state index in [1.54, 1.807) is 42.4 Å². The van der Waals surface area contributed by atoms with Crippen LogP contribution >= 0.6 is 11.3 Å². The van der Waals surface area contributed by atoms with Gasteiger partial charge in [-0.25, -0.2) is 14.2 Å². The summed E-state index contributed by atoms with van der Waals surface area (Å²) in [5.41, 5.74) is 3.05. The molecule has 2 aromatic carbocycles. The number of hydrogen-bond donors (Lipinski definition) is 1. The van der Waals surface area contributed by atoms with E-state index in [0.717, 1.165) is 26.9 Å². The number of aromatic nitrogens is 1. The lowest BCUT2D eigenvalue weighted by molar-refractivity contribution is 0.207. The first-order valence-corrected chi connectivity index (χ1v) is 9.80. The van der Waals surface area contributed by atoms with Crippen LogP contribution in [0.15, 0.2) is 42.5 Å². The number of methoxy groups -OCH3 is 1. The average Bonchev–Trinajstić information content (AvgIpc) is 3.14. The largest absolute Gasteiger partial charge is 0.497 e. The number of nitrogens with one attached hydrogen (secondary N) is 1. The first-order chi connectivity index (χ1) is 13.5. The molecular formula is C21H20FN3O2S. The Morgan fingerprint density at radius 2 is 2.14 bits per heavy atom. The summed E-state index contributed by atoms with van der Waals surface area (Å²) in [6.45, 7) is 2.77. The summed E-state index contributed by atoms with van der Waals surface area (Å²) in [5, 5.41) is 3.70. The molecule has 0 unspecified atom stereocenters. The lowest BCUT2D eigenvalue weighted by Gasteiger charge is -2.26. The van der Waals surface area contributed by atoms with Crippen molar-refractivity contribution in [2.24, 2.45) is 0 Å². The maximum absolute atomic E-state index is 13.7. The van der Waals surface area contributed by atoms with Crippen molar-refractivity contribution in [3.63, 3.8) is 0 Å².